The van der Waals surface area contributed by atoms with Crippen molar-refractivity contribution in [2.75, 3.05) is 6.61 Å². The smallest absolute Gasteiger partial charge is 0.261 e. The van der Waals surface area contributed by atoms with E-state index in [-0.39, 0.29) is 24.5 Å². The van der Waals surface area contributed by atoms with E-state index in [1.54, 1.807) is 23.1 Å². The molecule has 2 atom stereocenters. The molecule has 0 aliphatic carbocycles. The molecule has 5 nitrogen and oxygen atoms in total. The molecule has 0 aliphatic rings. The van der Waals surface area contributed by atoms with Crippen molar-refractivity contribution in [1.29, 1.82) is 0 Å². The molecule has 0 aliphatic heterocycles. The van der Waals surface area contributed by atoms with Crippen molar-refractivity contribution >= 4 is 39.3 Å². The van der Waals surface area contributed by atoms with E-state index in [1.807, 2.05) is 52.0 Å². The van der Waals surface area contributed by atoms with Gasteiger partial charge in [-0.05, 0) is 56.0 Å². The van der Waals surface area contributed by atoms with E-state index >= 15 is 0 Å². The Bertz CT molecular complexity index is 906. The fraction of sp³-hybridized carbons (Fsp3) is 0.417. The summed E-state index contributed by atoms with van der Waals surface area (Å²) < 4.78 is 6.53. The molecular weight excluding hydrogens is 480 g/mol. The molecule has 2 rings (SSSR count). The molecule has 2 unspecified atom stereocenters. The Morgan fingerprint density at radius 1 is 1.16 bits per heavy atom. The SMILES string of the molecule is CCC(C)NC(=O)C(CC)N(Cc1ccccc1C)C(=O)COc1ccc(Br)cc1Cl. The first kappa shape index (κ1) is 25.2. The second-order valence-electron chi connectivity index (χ2n) is 7.55. The molecule has 0 bridgehead atoms. The van der Waals surface area contributed by atoms with E-state index in [2.05, 4.69) is 21.2 Å². The van der Waals surface area contributed by atoms with Gasteiger partial charge in [-0.15, -0.1) is 0 Å². The maximum Gasteiger partial charge on any atom is 0.261 e. The Kier molecular flexibility index (Phi) is 9.85. The fourth-order valence-corrected chi connectivity index (χ4v) is 3.87. The van der Waals surface area contributed by atoms with Gasteiger partial charge in [0.05, 0.1) is 5.02 Å². The van der Waals surface area contributed by atoms with Gasteiger partial charge in [0.15, 0.2) is 6.61 Å². The van der Waals surface area contributed by atoms with Crippen molar-refractivity contribution in [1.82, 2.24) is 10.2 Å². The van der Waals surface area contributed by atoms with Crippen LogP contribution < -0.4 is 10.1 Å². The van der Waals surface area contributed by atoms with Gasteiger partial charge in [-0.3, -0.25) is 9.59 Å². The normalized spacial score (nSPS) is 12.7. The van der Waals surface area contributed by atoms with E-state index in [1.165, 1.54) is 0 Å². The largest absolute Gasteiger partial charge is 0.482 e. The number of hydrogen-bond donors (Lipinski definition) is 1. The van der Waals surface area contributed by atoms with Crippen LogP contribution in [0.2, 0.25) is 5.02 Å². The van der Waals surface area contributed by atoms with Gasteiger partial charge >= 0.3 is 0 Å². The lowest BCUT2D eigenvalue weighted by molar-refractivity contribution is -0.143. The maximum atomic E-state index is 13.2. The summed E-state index contributed by atoms with van der Waals surface area (Å²) in [5.41, 5.74) is 2.06. The summed E-state index contributed by atoms with van der Waals surface area (Å²) in [5.74, 6) is 0.0000110. The number of carbonyl (C=O) groups is 2. The lowest BCUT2D eigenvalue weighted by Crippen LogP contribution is -2.51. The Morgan fingerprint density at radius 2 is 1.87 bits per heavy atom. The molecule has 0 spiro atoms. The summed E-state index contributed by atoms with van der Waals surface area (Å²) in [7, 11) is 0. The van der Waals surface area contributed by atoms with Crippen LogP contribution >= 0.6 is 27.5 Å². The van der Waals surface area contributed by atoms with Gasteiger partial charge in [0.2, 0.25) is 5.91 Å². The van der Waals surface area contributed by atoms with Crippen molar-refractivity contribution in [3.05, 3.63) is 63.1 Å². The second-order valence-corrected chi connectivity index (χ2v) is 8.88. The predicted octanol–water partition coefficient (Wildman–Crippen LogP) is 5.51. The molecule has 0 saturated heterocycles. The highest BCUT2D eigenvalue weighted by atomic mass is 79.9. The Labute approximate surface area is 198 Å². The summed E-state index contributed by atoms with van der Waals surface area (Å²) in [6.45, 7) is 7.99. The maximum absolute atomic E-state index is 13.2. The van der Waals surface area contributed by atoms with Crippen LogP contribution in [0.4, 0.5) is 0 Å². The topological polar surface area (TPSA) is 58.6 Å². The van der Waals surface area contributed by atoms with Crippen LogP contribution in [0.1, 0.15) is 44.7 Å². The van der Waals surface area contributed by atoms with Gasteiger partial charge in [0, 0.05) is 17.1 Å². The number of halogens is 2. The van der Waals surface area contributed by atoms with Crippen LogP contribution in [0.25, 0.3) is 0 Å². The van der Waals surface area contributed by atoms with Gasteiger partial charge in [-0.2, -0.15) is 0 Å². The van der Waals surface area contributed by atoms with Gasteiger partial charge in [-0.25, -0.2) is 0 Å². The molecule has 2 aromatic carbocycles. The molecule has 0 radical (unpaired) electrons. The van der Waals surface area contributed by atoms with Crippen LogP contribution in [-0.4, -0.2) is 35.4 Å². The quantitative estimate of drug-likeness (QED) is 0.459. The van der Waals surface area contributed by atoms with Crippen LogP contribution in [0, 0.1) is 6.92 Å². The average molecular weight is 510 g/mol. The average Bonchev–Trinajstić information content (AvgIpc) is 2.74. The zero-order chi connectivity index (χ0) is 23.0. The van der Waals surface area contributed by atoms with E-state index < -0.39 is 6.04 Å². The molecule has 1 N–H and O–H groups in total. The van der Waals surface area contributed by atoms with Crippen LogP contribution in [0.5, 0.6) is 5.75 Å². The minimum absolute atomic E-state index is 0.0368. The first-order valence-corrected chi connectivity index (χ1v) is 11.7. The van der Waals surface area contributed by atoms with Gasteiger partial charge < -0.3 is 15.0 Å². The predicted molar refractivity (Wildman–Crippen MR) is 128 cm³/mol. The molecular formula is C24H30BrClN2O3. The molecule has 2 amide bonds. The van der Waals surface area contributed by atoms with Crippen molar-refractivity contribution in [2.45, 2.75) is 59.2 Å². The van der Waals surface area contributed by atoms with Gasteiger partial charge in [0.25, 0.3) is 5.91 Å². The first-order chi connectivity index (χ1) is 14.8. The van der Waals surface area contributed by atoms with Crippen molar-refractivity contribution < 1.29 is 14.3 Å². The zero-order valence-corrected chi connectivity index (χ0v) is 20.8. The minimum atomic E-state index is -0.593. The second kappa shape index (κ2) is 12.1. The third kappa shape index (κ3) is 7.25. The highest BCUT2D eigenvalue weighted by Crippen LogP contribution is 2.28. The van der Waals surface area contributed by atoms with Crippen molar-refractivity contribution in [2.24, 2.45) is 0 Å². The number of nitrogens with zero attached hydrogens (tertiary/aromatic N) is 1. The van der Waals surface area contributed by atoms with E-state index in [9.17, 15) is 9.59 Å². The summed E-state index contributed by atoms with van der Waals surface area (Å²) in [4.78, 5) is 27.8. The summed E-state index contributed by atoms with van der Waals surface area (Å²) in [6.07, 6.45) is 1.32. The van der Waals surface area contributed by atoms with Crippen molar-refractivity contribution in [3.63, 3.8) is 0 Å². The molecule has 0 saturated carbocycles. The lowest BCUT2D eigenvalue weighted by atomic mass is 10.1. The number of amides is 2. The summed E-state index contributed by atoms with van der Waals surface area (Å²) in [5, 5.41) is 3.42. The highest BCUT2D eigenvalue weighted by Gasteiger charge is 2.29. The molecule has 31 heavy (non-hydrogen) atoms. The summed E-state index contributed by atoms with van der Waals surface area (Å²) in [6, 6.07) is 12.5. The molecule has 2 aromatic rings. The number of hydrogen-bond acceptors (Lipinski definition) is 3. The Balaban J connectivity index is 2.25. The molecule has 0 heterocycles. The van der Waals surface area contributed by atoms with E-state index in [0.717, 1.165) is 22.0 Å². The van der Waals surface area contributed by atoms with Crippen LogP contribution in [-0.2, 0) is 16.1 Å². The van der Waals surface area contributed by atoms with E-state index in [0.29, 0.717) is 23.7 Å². The van der Waals surface area contributed by atoms with E-state index in [4.69, 9.17) is 16.3 Å². The highest BCUT2D eigenvalue weighted by molar-refractivity contribution is 9.10. The number of carbonyl (C=O) groups excluding carboxylic acids is 2. The van der Waals surface area contributed by atoms with Gasteiger partial charge in [0.1, 0.15) is 11.8 Å². The standard InChI is InChI=1S/C24H30BrClN2O3/c1-5-17(4)27-24(30)21(6-2)28(14-18-10-8-7-9-16(18)3)23(29)15-31-22-12-11-19(25)13-20(22)26/h7-13,17,21H,5-6,14-15H2,1-4H3,(H,27,30). The molecule has 7 heteroatoms. The third-order valence-electron chi connectivity index (χ3n) is 5.23. The number of nitrogens with one attached hydrogen (secondary N) is 1. The van der Waals surface area contributed by atoms with Crippen LogP contribution in [0.15, 0.2) is 46.9 Å². The molecule has 168 valence electrons. The van der Waals surface area contributed by atoms with Gasteiger partial charge in [-0.1, -0.05) is 65.6 Å². The Morgan fingerprint density at radius 3 is 2.48 bits per heavy atom. The zero-order valence-electron chi connectivity index (χ0n) is 18.5. The minimum Gasteiger partial charge on any atom is -0.482 e. The monoisotopic (exact) mass is 508 g/mol. The summed E-state index contributed by atoms with van der Waals surface area (Å²) >= 11 is 9.57. The molecule has 0 fully saturated rings. The first-order valence-electron chi connectivity index (χ1n) is 10.5. The van der Waals surface area contributed by atoms with Crippen LogP contribution in [0.3, 0.4) is 0 Å². The van der Waals surface area contributed by atoms with Crippen molar-refractivity contribution in [3.8, 4) is 5.75 Å². The number of rotatable bonds is 10. The third-order valence-corrected chi connectivity index (χ3v) is 6.02. The fourth-order valence-electron chi connectivity index (χ4n) is 3.15. The number of ether oxygens (including phenoxy) is 1. The Hall–Kier alpha value is -2.05. The lowest BCUT2D eigenvalue weighted by Gasteiger charge is -2.31. The number of aryl methyl sites for hydroxylation is 1. The molecule has 0 aromatic heterocycles. The number of benzene rings is 2.